The van der Waals surface area contributed by atoms with Crippen LogP contribution in [0.5, 0.6) is 0 Å². The van der Waals surface area contributed by atoms with E-state index >= 15 is 0 Å². The summed E-state index contributed by atoms with van der Waals surface area (Å²) in [6.07, 6.45) is 0.720. The number of carbonyl (C=O) groups is 2. The molecule has 0 aliphatic carbocycles. The number of benzene rings is 1. The molecule has 1 aliphatic rings. The molecular weight excluding hydrogens is 296 g/mol. The molecule has 0 bridgehead atoms. The van der Waals surface area contributed by atoms with Gasteiger partial charge in [0.15, 0.2) is 5.78 Å². The number of ether oxygens (including phenoxy) is 2. The fraction of sp³-hybridized carbons (Fsp3) is 0.412. The van der Waals surface area contributed by atoms with E-state index in [1.54, 1.807) is 25.3 Å². The first kappa shape index (κ1) is 15.7. The zero-order valence-electron chi connectivity index (χ0n) is 13.2. The third kappa shape index (κ3) is 3.28. The third-order valence-electron chi connectivity index (χ3n) is 4.19. The van der Waals surface area contributed by atoms with Crippen molar-refractivity contribution >= 4 is 22.6 Å². The van der Waals surface area contributed by atoms with E-state index in [2.05, 4.69) is 10.3 Å². The van der Waals surface area contributed by atoms with Gasteiger partial charge < -0.3 is 19.8 Å². The molecule has 3 rings (SSSR count). The normalized spacial score (nSPS) is 21.3. The zero-order chi connectivity index (χ0) is 16.4. The predicted molar refractivity (Wildman–Crippen MR) is 85.8 cm³/mol. The van der Waals surface area contributed by atoms with E-state index < -0.39 is 0 Å². The predicted octanol–water partition coefficient (Wildman–Crippen LogP) is 1.90. The SMILES string of the molecule is CO[C@@H]1CCOC[C@H]1NC(=O)c1cc2ccc(C(C)=O)cc2[nH]1. The monoisotopic (exact) mass is 316 g/mol. The molecule has 0 radical (unpaired) electrons. The number of ketones is 1. The quantitative estimate of drug-likeness (QED) is 0.844. The third-order valence-corrected chi connectivity index (χ3v) is 4.19. The summed E-state index contributed by atoms with van der Waals surface area (Å²) in [7, 11) is 1.64. The summed E-state index contributed by atoms with van der Waals surface area (Å²) >= 11 is 0. The molecule has 6 heteroatoms. The first-order valence-corrected chi connectivity index (χ1v) is 7.63. The van der Waals surface area contributed by atoms with Crippen molar-refractivity contribution < 1.29 is 19.1 Å². The molecule has 2 heterocycles. The van der Waals surface area contributed by atoms with Crippen molar-refractivity contribution in [1.82, 2.24) is 10.3 Å². The van der Waals surface area contributed by atoms with Crippen LogP contribution in [-0.2, 0) is 9.47 Å². The number of hydrogen-bond acceptors (Lipinski definition) is 4. The Labute approximate surface area is 134 Å². The van der Waals surface area contributed by atoms with Gasteiger partial charge in [-0.05, 0) is 25.5 Å². The highest BCUT2D eigenvalue weighted by Crippen LogP contribution is 2.18. The maximum Gasteiger partial charge on any atom is 0.268 e. The largest absolute Gasteiger partial charge is 0.379 e. The van der Waals surface area contributed by atoms with Crippen molar-refractivity contribution in [2.45, 2.75) is 25.5 Å². The van der Waals surface area contributed by atoms with Crippen molar-refractivity contribution in [3.63, 3.8) is 0 Å². The minimum absolute atomic E-state index is 0.00482. The highest BCUT2D eigenvalue weighted by Gasteiger charge is 2.27. The maximum atomic E-state index is 12.4. The van der Waals surface area contributed by atoms with Crippen molar-refractivity contribution in [2.24, 2.45) is 0 Å². The molecule has 0 spiro atoms. The van der Waals surface area contributed by atoms with Crippen molar-refractivity contribution in [1.29, 1.82) is 0 Å². The number of fused-ring (bicyclic) bond motifs is 1. The van der Waals surface area contributed by atoms with E-state index in [9.17, 15) is 9.59 Å². The Balaban J connectivity index is 1.79. The van der Waals surface area contributed by atoms with E-state index in [-0.39, 0.29) is 23.8 Å². The molecule has 23 heavy (non-hydrogen) atoms. The lowest BCUT2D eigenvalue weighted by Gasteiger charge is -2.30. The Morgan fingerprint density at radius 2 is 2.17 bits per heavy atom. The lowest BCUT2D eigenvalue weighted by molar-refractivity contribution is -0.0349. The Hall–Kier alpha value is -2.18. The topological polar surface area (TPSA) is 80.4 Å². The number of carbonyl (C=O) groups excluding carboxylic acids is 2. The zero-order valence-corrected chi connectivity index (χ0v) is 13.2. The van der Waals surface area contributed by atoms with E-state index in [0.717, 1.165) is 17.3 Å². The van der Waals surface area contributed by atoms with E-state index in [0.29, 0.717) is 24.5 Å². The number of aromatic amines is 1. The van der Waals surface area contributed by atoms with Gasteiger partial charge >= 0.3 is 0 Å². The highest BCUT2D eigenvalue weighted by atomic mass is 16.5. The van der Waals surface area contributed by atoms with Gasteiger partial charge in [0, 0.05) is 30.2 Å². The number of H-pyrrole nitrogens is 1. The Kier molecular flexibility index (Phi) is 4.45. The lowest BCUT2D eigenvalue weighted by Crippen LogP contribution is -2.50. The average Bonchev–Trinajstić information content (AvgIpc) is 2.98. The first-order valence-electron chi connectivity index (χ1n) is 7.63. The Morgan fingerprint density at radius 3 is 2.91 bits per heavy atom. The number of hydrogen-bond donors (Lipinski definition) is 2. The van der Waals surface area contributed by atoms with Crippen LogP contribution in [0.15, 0.2) is 24.3 Å². The molecule has 122 valence electrons. The molecule has 1 saturated heterocycles. The second-order valence-corrected chi connectivity index (χ2v) is 5.76. The van der Waals surface area contributed by atoms with Crippen LogP contribution in [0.1, 0.15) is 34.2 Å². The summed E-state index contributed by atoms with van der Waals surface area (Å²) in [5.74, 6) is -0.210. The average molecular weight is 316 g/mol. The van der Waals surface area contributed by atoms with Gasteiger partial charge in [-0.3, -0.25) is 9.59 Å². The molecule has 1 fully saturated rings. The molecule has 6 nitrogen and oxygen atoms in total. The smallest absolute Gasteiger partial charge is 0.268 e. The van der Waals surface area contributed by atoms with Crippen LogP contribution >= 0.6 is 0 Å². The van der Waals surface area contributed by atoms with Crippen LogP contribution in [0.2, 0.25) is 0 Å². The fourth-order valence-corrected chi connectivity index (χ4v) is 2.85. The van der Waals surface area contributed by atoms with Crippen LogP contribution in [0.25, 0.3) is 10.9 Å². The van der Waals surface area contributed by atoms with Crippen molar-refractivity contribution in [3.05, 3.63) is 35.5 Å². The molecule has 1 aromatic carbocycles. The summed E-state index contributed by atoms with van der Waals surface area (Å²) in [4.78, 5) is 27.0. The van der Waals surface area contributed by atoms with Gasteiger partial charge in [-0.2, -0.15) is 0 Å². The number of aromatic nitrogens is 1. The molecule has 1 amide bonds. The lowest BCUT2D eigenvalue weighted by atomic mass is 10.1. The Morgan fingerprint density at radius 1 is 1.35 bits per heavy atom. The maximum absolute atomic E-state index is 12.4. The van der Waals surface area contributed by atoms with Crippen LogP contribution in [-0.4, -0.2) is 49.1 Å². The summed E-state index contributed by atoms with van der Waals surface area (Å²) in [6.45, 7) is 2.61. The molecular formula is C17H20N2O4. The van der Waals surface area contributed by atoms with Crippen molar-refractivity contribution in [3.8, 4) is 0 Å². The molecule has 2 N–H and O–H groups in total. The van der Waals surface area contributed by atoms with Crippen LogP contribution in [0.3, 0.4) is 0 Å². The number of Topliss-reactive ketones (excluding diaryl/α,β-unsaturated/α-hetero) is 1. The van der Waals surface area contributed by atoms with E-state index in [4.69, 9.17) is 9.47 Å². The molecule has 1 aliphatic heterocycles. The van der Waals surface area contributed by atoms with Gasteiger partial charge in [0.1, 0.15) is 5.69 Å². The summed E-state index contributed by atoms with van der Waals surface area (Å²) in [5, 5.41) is 3.84. The van der Waals surface area contributed by atoms with Crippen molar-refractivity contribution in [2.75, 3.05) is 20.3 Å². The number of amides is 1. The number of rotatable bonds is 4. The van der Waals surface area contributed by atoms with Gasteiger partial charge in [-0.15, -0.1) is 0 Å². The minimum atomic E-state index is -0.205. The van der Waals surface area contributed by atoms with Gasteiger partial charge in [-0.25, -0.2) is 0 Å². The first-order chi connectivity index (χ1) is 11.1. The van der Waals surface area contributed by atoms with Crippen LogP contribution in [0, 0.1) is 0 Å². The van der Waals surface area contributed by atoms with Gasteiger partial charge in [-0.1, -0.05) is 12.1 Å². The summed E-state index contributed by atoms with van der Waals surface area (Å²) in [5.41, 5.74) is 1.85. The Bertz CT molecular complexity index is 737. The summed E-state index contributed by atoms with van der Waals surface area (Å²) in [6, 6.07) is 6.97. The minimum Gasteiger partial charge on any atom is -0.379 e. The van der Waals surface area contributed by atoms with Gasteiger partial charge in [0.05, 0.1) is 18.8 Å². The standard InChI is InChI=1S/C17H20N2O4/c1-10(20)11-3-4-12-8-14(18-13(12)7-11)17(21)19-15-9-23-6-5-16(15)22-2/h3-4,7-8,15-16,18H,5-6,9H2,1-2H3,(H,19,21)/t15-,16-/m1/s1. The number of methoxy groups -OCH3 is 1. The molecule has 0 saturated carbocycles. The molecule has 2 aromatic rings. The van der Waals surface area contributed by atoms with E-state index in [1.165, 1.54) is 6.92 Å². The second-order valence-electron chi connectivity index (χ2n) is 5.76. The van der Waals surface area contributed by atoms with Gasteiger partial charge in [0.25, 0.3) is 5.91 Å². The number of nitrogens with one attached hydrogen (secondary N) is 2. The van der Waals surface area contributed by atoms with Gasteiger partial charge in [0.2, 0.25) is 0 Å². The highest BCUT2D eigenvalue weighted by molar-refractivity contribution is 6.01. The van der Waals surface area contributed by atoms with Crippen LogP contribution < -0.4 is 5.32 Å². The molecule has 1 aromatic heterocycles. The summed E-state index contributed by atoms with van der Waals surface area (Å²) < 4.78 is 10.8. The van der Waals surface area contributed by atoms with Crippen LogP contribution in [0.4, 0.5) is 0 Å². The fourth-order valence-electron chi connectivity index (χ4n) is 2.85. The molecule has 2 atom stereocenters. The molecule has 0 unspecified atom stereocenters. The second kappa shape index (κ2) is 6.52. The van der Waals surface area contributed by atoms with E-state index in [1.807, 2.05) is 6.07 Å².